The molecule has 258 valence electrons. The Bertz CT molecular complexity index is 3040. The average molecular weight is 721 g/mol. The molecule has 0 aliphatic heterocycles. The number of hydrogen-bond acceptors (Lipinski definition) is 2. The monoisotopic (exact) mass is 720 g/mol. The first-order valence-electron chi connectivity index (χ1n) is 18.7. The highest BCUT2D eigenvalue weighted by Crippen LogP contribution is 2.51. The largest absolute Gasteiger partial charge is 0.456 e. The van der Waals surface area contributed by atoms with Crippen molar-refractivity contribution in [3.63, 3.8) is 0 Å². The van der Waals surface area contributed by atoms with Crippen LogP contribution in [-0.4, -0.2) is 0 Å². The van der Waals surface area contributed by atoms with Crippen molar-refractivity contribution >= 4 is 55.8 Å². The highest BCUT2D eigenvalue weighted by atomic mass is 31.2. The van der Waals surface area contributed by atoms with Gasteiger partial charge in [0.1, 0.15) is 11.2 Å². The van der Waals surface area contributed by atoms with Crippen LogP contribution >= 0.6 is 7.14 Å². The molecule has 1 heterocycles. The van der Waals surface area contributed by atoms with Gasteiger partial charge in [-0.15, -0.1) is 0 Å². The Labute approximate surface area is 319 Å². The summed E-state index contributed by atoms with van der Waals surface area (Å²) in [5, 5.41) is 7.16. The summed E-state index contributed by atoms with van der Waals surface area (Å²) >= 11 is 0. The second kappa shape index (κ2) is 12.4. The molecule has 0 bridgehead atoms. The lowest BCUT2D eigenvalue weighted by atomic mass is 9.97. The first-order valence-corrected chi connectivity index (χ1v) is 20.4. The van der Waals surface area contributed by atoms with Gasteiger partial charge in [0.2, 0.25) is 0 Å². The minimum Gasteiger partial charge on any atom is -0.456 e. The number of fused-ring (bicyclic) bond motifs is 7. The summed E-state index contributed by atoms with van der Waals surface area (Å²) < 4.78 is 22.2. The standard InChI is InChI=1S/C52H33O2P/c53-55(40-25-18-36(19-26-40)34-10-3-1-4-11-34,41-27-20-37(21-28-41)35-12-5-2-6-13-35)42-29-22-38(23-30-42)39-24-31-49-48(32-39)52-46-17-9-16-45-43-14-7-8-15-44(43)47(51(45)46)33-50(52)54-49/h1-33H. The van der Waals surface area contributed by atoms with E-state index in [2.05, 4.69) is 140 Å². The molecule has 0 spiro atoms. The Morgan fingerprint density at radius 1 is 0.309 bits per heavy atom. The summed E-state index contributed by atoms with van der Waals surface area (Å²) in [7, 11) is -3.24. The topological polar surface area (TPSA) is 30.2 Å². The van der Waals surface area contributed by atoms with Crippen molar-refractivity contribution in [1.29, 1.82) is 0 Å². The predicted molar refractivity (Wildman–Crippen MR) is 231 cm³/mol. The number of benzene rings is 9. The van der Waals surface area contributed by atoms with Gasteiger partial charge in [0.25, 0.3) is 0 Å². The third kappa shape index (κ3) is 4.99. The molecule has 55 heavy (non-hydrogen) atoms. The molecule has 3 heteroatoms. The van der Waals surface area contributed by atoms with Crippen LogP contribution in [0.4, 0.5) is 0 Å². The van der Waals surface area contributed by atoms with E-state index in [4.69, 9.17) is 4.42 Å². The summed E-state index contributed by atoms with van der Waals surface area (Å²) in [4.78, 5) is 0. The number of furan rings is 1. The van der Waals surface area contributed by atoms with Gasteiger partial charge in [-0.1, -0.05) is 182 Å². The molecule has 0 unspecified atom stereocenters. The molecular weight excluding hydrogens is 688 g/mol. The van der Waals surface area contributed by atoms with Crippen molar-refractivity contribution in [2.75, 3.05) is 0 Å². The normalized spacial score (nSPS) is 12.1. The first-order chi connectivity index (χ1) is 27.1. The van der Waals surface area contributed by atoms with E-state index >= 15 is 4.57 Å². The van der Waals surface area contributed by atoms with Crippen LogP contribution in [0.1, 0.15) is 0 Å². The molecule has 0 amide bonds. The van der Waals surface area contributed by atoms with Gasteiger partial charge in [-0.2, -0.15) is 0 Å². The summed E-state index contributed by atoms with van der Waals surface area (Å²) in [6, 6.07) is 69.4. The lowest BCUT2D eigenvalue weighted by Crippen LogP contribution is -2.25. The Morgan fingerprint density at radius 3 is 1.33 bits per heavy atom. The van der Waals surface area contributed by atoms with Crippen molar-refractivity contribution in [2.45, 2.75) is 0 Å². The van der Waals surface area contributed by atoms with Gasteiger partial charge < -0.3 is 8.98 Å². The maximum Gasteiger partial charge on any atom is 0.171 e. The average Bonchev–Trinajstić information content (AvgIpc) is 3.80. The van der Waals surface area contributed by atoms with Crippen molar-refractivity contribution in [2.24, 2.45) is 0 Å². The molecule has 11 rings (SSSR count). The molecule has 1 aliphatic carbocycles. The number of hydrogen-bond donors (Lipinski definition) is 0. The van der Waals surface area contributed by atoms with Gasteiger partial charge in [-0.05, 0) is 84.6 Å². The Hall–Kier alpha value is -6.73. The third-order valence-corrected chi connectivity index (χ3v) is 14.4. The molecule has 0 saturated heterocycles. The predicted octanol–water partition coefficient (Wildman–Crippen LogP) is 13.0. The second-order valence-electron chi connectivity index (χ2n) is 14.4. The minimum absolute atomic E-state index is 0.801. The van der Waals surface area contributed by atoms with Gasteiger partial charge >= 0.3 is 0 Å². The SMILES string of the molecule is O=P(c1ccc(-c2ccccc2)cc1)(c1ccc(-c2ccccc2)cc1)c1ccc(-c2ccc3oc4cc5c6c(cccc6c4c3c2)-c2ccccc2-5)cc1. The van der Waals surface area contributed by atoms with Gasteiger partial charge in [0.15, 0.2) is 7.14 Å². The van der Waals surface area contributed by atoms with Crippen LogP contribution in [-0.2, 0) is 4.57 Å². The van der Waals surface area contributed by atoms with Crippen molar-refractivity contribution in [3.05, 3.63) is 200 Å². The quantitative estimate of drug-likeness (QED) is 0.160. The van der Waals surface area contributed by atoms with E-state index in [-0.39, 0.29) is 0 Å². The van der Waals surface area contributed by atoms with Crippen LogP contribution in [0.15, 0.2) is 205 Å². The molecular formula is C52H33O2P. The third-order valence-electron chi connectivity index (χ3n) is 11.3. The molecule has 9 aromatic carbocycles. The van der Waals surface area contributed by atoms with E-state index in [1.165, 1.54) is 33.0 Å². The van der Waals surface area contributed by atoms with Gasteiger partial charge in [0.05, 0.1) is 0 Å². The Morgan fingerprint density at radius 2 is 0.764 bits per heavy atom. The molecule has 0 N–H and O–H groups in total. The van der Waals surface area contributed by atoms with E-state index in [9.17, 15) is 0 Å². The molecule has 1 aliphatic rings. The van der Waals surface area contributed by atoms with E-state index in [0.29, 0.717) is 0 Å². The minimum atomic E-state index is -3.24. The van der Waals surface area contributed by atoms with Crippen LogP contribution in [0.3, 0.4) is 0 Å². The summed E-state index contributed by atoms with van der Waals surface area (Å²) in [6.07, 6.45) is 0. The van der Waals surface area contributed by atoms with Gasteiger partial charge in [0, 0.05) is 26.7 Å². The fourth-order valence-corrected chi connectivity index (χ4v) is 11.2. The number of rotatable bonds is 6. The first kappa shape index (κ1) is 31.8. The van der Waals surface area contributed by atoms with Crippen molar-refractivity contribution < 1.29 is 8.98 Å². The Balaban J connectivity index is 1.01. The zero-order valence-corrected chi connectivity index (χ0v) is 30.7. The summed E-state index contributed by atoms with van der Waals surface area (Å²) in [5.41, 5.74) is 13.4. The molecule has 0 saturated carbocycles. The molecule has 0 atom stereocenters. The lowest BCUT2D eigenvalue weighted by molar-refractivity contribution is 0.592. The van der Waals surface area contributed by atoms with E-state index < -0.39 is 7.14 Å². The zero-order valence-electron chi connectivity index (χ0n) is 29.8. The van der Waals surface area contributed by atoms with E-state index in [0.717, 1.165) is 71.2 Å². The van der Waals surface area contributed by atoms with E-state index in [1.54, 1.807) is 0 Å². The van der Waals surface area contributed by atoms with Crippen molar-refractivity contribution in [3.8, 4) is 55.6 Å². The Kier molecular flexibility index (Phi) is 7.17. The highest BCUT2D eigenvalue weighted by molar-refractivity contribution is 7.85. The fraction of sp³-hybridized carbons (Fsp3) is 0. The van der Waals surface area contributed by atoms with Crippen LogP contribution in [0.2, 0.25) is 0 Å². The maximum absolute atomic E-state index is 15.7. The van der Waals surface area contributed by atoms with Crippen LogP contribution in [0.25, 0.3) is 88.3 Å². The van der Waals surface area contributed by atoms with Crippen LogP contribution in [0.5, 0.6) is 0 Å². The van der Waals surface area contributed by atoms with Crippen LogP contribution in [0, 0.1) is 0 Å². The second-order valence-corrected chi connectivity index (χ2v) is 17.1. The summed E-state index contributed by atoms with van der Waals surface area (Å²) in [6.45, 7) is 0. The summed E-state index contributed by atoms with van der Waals surface area (Å²) in [5.74, 6) is 0. The highest BCUT2D eigenvalue weighted by Gasteiger charge is 2.30. The van der Waals surface area contributed by atoms with Crippen LogP contribution < -0.4 is 15.9 Å². The smallest absolute Gasteiger partial charge is 0.171 e. The van der Waals surface area contributed by atoms with Gasteiger partial charge in [-0.25, -0.2) is 0 Å². The van der Waals surface area contributed by atoms with Crippen molar-refractivity contribution in [1.82, 2.24) is 0 Å². The zero-order chi connectivity index (χ0) is 36.5. The molecule has 0 fully saturated rings. The van der Waals surface area contributed by atoms with Gasteiger partial charge in [-0.3, -0.25) is 0 Å². The molecule has 0 radical (unpaired) electrons. The lowest BCUT2D eigenvalue weighted by Gasteiger charge is -2.21. The van der Waals surface area contributed by atoms with E-state index in [1.807, 2.05) is 60.7 Å². The molecule has 10 aromatic rings. The molecule has 2 nitrogen and oxygen atoms in total. The maximum atomic E-state index is 15.7. The molecule has 1 aromatic heterocycles. The fourth-order valence-electron chi connectivity index (χ4n) is 8.62.